The van der Waals surface area contributed by atoms with Crippen LogP contribution in [0, 0.1) is 0 Å². The molecular weight excluding hydrogens is 320 g/mol. The summed E-state index contributed by atoms with van der Waals surface area (Å²) in [6.45, 7) is 2.19. The monoisotopic (exact) mass is 336 g/mol. The van der Waals surface area contributed by atoms with Gasteiger partial charge in [-0.25, -0.2) is 13.4 Å². The van der Waals surface area contributed by atoms with Gasteiger partial charge in [0.05, 0.1) is 12.8 Å². The van der Waals surface area contributed by atoms with Gasteiger partial charge in [-0.1, -0.05) is 30.3 Å². The van der Waals surface area contributed by atoms with Crippen molar-refractivity contribution in [2.24, 2.45) is 0 Å². The van der Waals surface area contributed by atoms with Crippen LogP contribution in [0.25, 0.3) is 0 Å². The summed E-state index contributed by atoms with van der Waals surface area (Å²) >= 11 is 0. The molecule has 1 aromatic heterocycles. The number of rotatable bonds is 7. The number of nitrogens with one attached hydrogen (secondary N) is 1. The number of sulfonamides is 1. The topological polar surface area (TPSA) is 106 Å². The average Bonchev–Trinajstić information content (AvgIpc) is 2.54. The molecule has 2 aromatic rings. The maximum Gasteiger partial charge on any atom is 0.326 e. The molecule has 0 saturated carbocycles. The van der Waals surface area contributed by atoms with Gasteiger partial charge in [0, 0.05) is 6.07 Å². The van der Waals surface area contributed by atoms with E-state index in [1.807, 2.05) is 0 Å². The van der Waals surface area contributed by atoms with Crippen LogP contribution in [0.1, 0.15) is 18.5 Å². The first kappa shape index (κ1) is 16.9. The molecule has 2 rings (SSSR count). The summed E-state index contributed by atoms with van der Waals surface area (Å²) in [6, 6.07) is 9.41. The highest BCUT2D eigenvalue weighted by Gasteiger charge is 2.27. The summed E-state index contributed by atoms with van der Waals surface area (Å²) < 4.78 is 32.0. The van der Waals surface area contributed by atoms with Crippen molar-refractivity contribution >= 4 is 16.0 Å². The molecule has 2 N–H and O–H groups in total. The second-order valence-electron chi connectivity index (χ2n) is 4.57. The third kappa shape index (κ3) is 4.27. The fourth-order valence-corrected chi connectivity index (χ4v) is 3.01. The third-order valence-electron chi connectivity index (χ3n) is 2.96. The molecule has 0 aliphatic rings. The van der Waals surface area contributed by atoms with Crippen LogP contribution in [0.5, 0.6) is 5.88 Å². The molecule has 0 fully saturated rings. The maximum absolute atomic E-state index is 12.3. The van der Waals surface area contributed by atoms with Crippen molar-refractivity contribution in [2.45, 2.75) is 17.9 Å². The van der Waals surface area contributed by atoms with Crippen molar-refractivity contribution in [3.63, 3.8) is 0 Å². The number of aliphatic carboxylic acids is 1. The molecule has 0 aliphatic heterocycles. The number of hydrogen-bond donors (Lipinski definition) is 2. The smallest absolute Gasteiger partial charge is 0.326 e. The van der Waals surface area contributed by atoms with Gasteiger partial charge in [-0.15, -0.1) is 0 Å². The molecule has 0 unspecified atom stereocenters. The Bertz CT molecular complexity index is 760. The molecule has 0 aliphatic carbocycles. The number of nitrogens with zero attached hydrogens (tertiary/aromatic N) is 1. The average molecular weight is 336 g/mol. The predicted molar refractivity (Wildman–Crippen MR) is 82.5 cm³/mol. The number of carboxylic acid groups (broad SMARTS) is 1. The van der Waals surface area contributed by atoms with Crippen molar-refractivity contribution in [2.75, 3.05) is 6.61 Å². The lowest BCUT2D eigenvalue weighted by Crippen LogP contribution is -2.33. The lowest BCUT2D eigenvalue weighted by atomic mass is 10.1. The second-order valence-corrected chi connectivity index (χ2v) is 6.28. The van der Waals surface area contributed by atoms with Gasteiger partial charge in [-0.05, 0) is 18.6 Å². The molecule has 122 valence electrons. The minimum atomic E-state index is -4.03. The molecular formula is C15H16N2O5S. The molecule has 0 amide bonds. The summed E-state index contributed by atoms with van der Waals surface area (Å²) in [6.07, 6.45) is 1.12. The van der Waals surface area contributed by atoms with E-state index in [1.165, 1.54) is 24.3 Å². The Morgan fingerprint density at radius 1 is 1.26 bits per heavy atom. The van der Waals surface area contributed by atoms with Crippen molar-refractivity contribution in [3.05, 3.63) is 54.2 Å². The van der Waals surface area contributed by atoms with Crippen LogP contribution >= 0.6 is 0 Å². The number of pyridine rings is 1. The number of carboxylic acids is 1. The van der Waals surface area contributed by atoms with Crippen LogP contribution in [0.3, 0.4) is 0 Å². The molecule has 7 nitrogen and oxygen atoms in total. The van der Waals surface area contributed by atoms with E-state index in [1.54, 1.807) is 25.1 Å². The number of hydrogen-bond acceptors (Lipinski definition) is 5. The molecule has 1 heterocycles. The fraction of sp³-hybridized carbons (Fsp3) is 0.200. The zero-order chi connectivity index (χ0) is 16.9. The Labute approximate surface area is 134 Å². The maximum atomic E-state index is 12.3. The van der Waals surface area contributed by atoms with Gasteiger partial charge in [0.15, 0.2) is 0 Å². The molecule has 0 radical (unpaired) electrons. The van der Waals surface area contributed by atoms with Gasteiger partial charge in [0.1, 0.15) is 10.9 Å². The second kappa shape index (κ2) is 7.21. The quantitative estimate of drug-likeness (QED) is 0.795. The highest BCUT2D eigenvalue weighted by Crippen LogP contribution is 2.18. The van der Waals surface area contributed by atoms with Crippen LogP contribution in [0.4, 0.5) is 0 Å². The number of carbonyl (C=O) groups is 1. The van der Waals surface area contributed by atoms with Crippen molar-refractivity contribution < 1.29 is 23.1 Å². The number of ether oxygens (including phenoxy) is 1. The first-order valence-corrected chi connectivity index (χ1v) is 8.31. The number of benzene rings is 1. The van der Waals surface area contributed by atoms with Crippen molar-refractivity contribution in [1.82, 2.24) is 9.71 Å². The van der Waals surface area contributed by atoms with E-state index in [2.05, 4.69) is 9.71 Å². The minimum absolute atomic E-state index is 0.136. The summed E-state index contributed by atoms with van der Waals surface area (Å²) in [5.41, 5.74) is 0.336. The zero-order valence-electron chi connectivity index (χ0n) is 12.3. The largest absolute Gasteiger partial charge is 0.480 e. The number of aromatic nitrogens is 1. The Kier molecular flexibility index (Phi) is 5.30. The van der Waals surface area contributed by atoms with Gasteiger partial charge in [0.2, 0.25) is 15.9 Å². The SMILES string of the molecule is CCOc1ccc(S(=O)(=O)N[C@H](C(=O)O)c2ccccc2)cn1. The Hall–Kier alpha value is -2.45. The van der Waals surface area contributed by atoms with Crippen LogP contribution in [0.2, 0.25) is 0 Å². The molecule has 1 aromatic carbocycles. The molecule has 0 saturated heterocycles. The summed E-state index contributed by atoms with van der Waals surface area (Å²) in [5.74, 6) is -0.997. The van der Waals surface area contributed by atoms with Gasteiger partial charge in [0.25, 0.3) is 0 Å². The predicted octanol–water partition coefficient (Wildman–Crippen LogP) is 1.58. The minimum Gasteiger partial charge on any atom is -0.480 e. The van der Waals surface area contributed by atoms with Crippen molar-refractivity contribution in [1.29, 1.82) is 0 Å². The Balaban J connectivity index is 2.26. The van der Waals surface area contributed by atoms with Gasteiger partial charge < -0.3 is 9.84 Å². The molecule has 23 heavy (non-hydrogen) atoms. The highest BCUT2D eigenvalue weighted by molar-refractivity contribution is 7.89. The van der Waals surface area contributed by atoms with Crippen LogP contribution in [0.15, 0.2) is 53.6 Å². The lowest BCUT2D eigenvalue weighted by molar-refractivity contribution is -0.139. The van der Waals surface area contributed by atoms with E-state index in [0.717, 1.165) is 6.20 Å². The molecule has 0 bridgehead atoms. The van der Waals surface area contributed by atoms with Crippen LogP contribution in [-0.2, 0) is 14.8 Å². The first-order chi connectivity index (χ1) is 10.9. The Morgan fingerprint density at radius 3 is 2.48 bits per heavy atom. The molecule has 1 atom stereocenters. The van der Waals surface area contributed by atoms with E-state index in [9.17, 15) is 18.3 Å². The fourth-order valence-electron chi connectivity index (χ4n) is 1.89. The van der Waals surface area contributed by atoms with Gasteiger partial charge in [-0.2, -0.15) is 4.72 Å². The van der Waals surface area contributed by atoms with Crippen LogP contribution < -0.4 is 9.46 Å². The zero-order valence-corrected chi connectivity index (χ0v) is 13.2. The van der Waals surface area contributed by atoms with E-state index in [0.29, 0.717) is 18.1 Å². The van der Waals surface area contributed by atoms with Crippen LogP contribution in [-0.4, -0.2) is 31.1 Å². The van der Waals surface area contributed by atoms with E-state index in [-0.39, 0.29) is 4.90 Å². The van der Waals surface area contributed by atoms with E-state index < -0.39 is 22.0 Å². The third-order valence-corrected chi connectivity index (χ3v) is 4.37. The van der Waals surface area contributed by atoms with E-state index in [4.69, 9.17) is 4.74 Å². The first-order valence-electron chi connectivity index (χ1n) is 6.83. The lowest BCUT2D eigenvalue weighted by Gasteiger charge is -2.15. The molecule has 8 heteroatoms. The van der Waals surface area contributed by atoms with Gasteiger partial charge in [-0.3, -0.25) is 4.79 Å². The van der Waals surface area contributed by atoms with Gasteiger partial charge >= 0.3 is 5.97 Å². The highest BCUT2D eigenvalue weighted by atomic mass is 32.2. The van der Waals surface area contributed by atoms with E-state index >= 15 is 0 Å². The summed E-state index contributed by atoms with van der Waals surface area (Å²) in [7, 11) is -4.03. The van der Waals surface area contributed by atoms with Crippen molar-refractivity contribution in [3.8, 4) is 5.88 Å². The Morgan fingerprint density at radius 2 is 1.96 bits per heavy atom. The normalized spacial score (nSPS) is 12.6. The standard InChI is InChI=1S/C15H16N2O5S/c1-2-22-13-9-8-12(10-16-13)23(20,21)17-14(15(18)19)11-6-4-3-5-7-11/h3-10,14,17H,2H2,1H3,(H,18,19)/t14-/m0/s1. The summed E-state index contributed by atoms with van der Waals surface area (Å²) in [5, 5.41) is 9.29. The summed E-state index contributed by atoms with van der Waals surface area (Å²) in [4.78, 5) is 15.1. The molecule has 0 spiro atoms.